The molecule has 0 bridgehead atoms. The van der Waals surface area contributed by atoms with E-state index in [2.05, 4.69) is 5.10 Å². The first-order chi connectivity index (χ1) is 13.5. The van der Waals surface area contributed by atoms with Crippen LogP contribution in [-0.4, -0.2) is 41.9 Å². The third kappa shape index (κ3) is 4.16. The van der Waals surface area contributed by atoms with Gasteiger partial charge in [-0.25, -0.2) is 5.01 Å². The number of hydrogen-bond donors (Lipinski definition) is 1. The second-order valence-corrected chi connectivity index (χ2v) is 6.34. The minimum atomic E-state index is -0.926. The molecular formula is C20H22N2O6. The Morgan fingerprint density at radius 3 is 2.64 bits per heavy atom. The van der Waals surface area contributed by atoms with E-state index < -0.39 is 5.97 Å². The number of benzene rings is 1. The van der Waals surface area contributed by atoms with Crippen LogP contribution in [0.5, 0.6) is 11.5 Å². The zero-order valence-corrected chi connectivity index (χ0v) is 15.8. The van der Waals surface area contributed by atoms with Crippen molar-refractivity contribution in [2.24, 2.45) is 5.10 Å². The fourth-order valence-electron chi connectivity index (χ4n) is 3.16. The average molecular weight is 386 g/mol. The van der Waals surface area contributed by atoms with E-state index in [0.717, 1.165) is 5.56 Å². The van der Waals surface area contributed by atoms with Gasteiger partial charge in [-0.15, -0.1) is 0 Å². The molecule has 1 aromatic carbocycles. The molecule has 1 N–H and O–H groups in total. The maximum atomic E-state index is 12.7. The van der Waals surface area contributed by atoms with E-state index in [1.165, 1.54) is 5.01 Å². The van der Waals surface area contributed by atoms with Crippen molar-refractivity contribution in [2.45, 2.75) is 31.7 Å². The van der Waals surface area contributed by atoms with E-state index in [0.29, 0.717) is 29.4 Å². The Balaban J connectivity index is 1.87. The summed E-state index contributed by atoms with van der Waals surface area (Å²) >= 11 is 0. The van der Waals surface area contributed by atoms with Gasteiger partial charge >= 0.3 is 5.97 Å². The number of nitrogens with zero attached hydrogens (tertiary/aromatic N) is 2. The normalized spacial score (nSPS) is 16.0. The molecule has 1 atom stereocenters. The summed E-state index contributed by atoms with van der Waals surface area (Å²) in [6, 6.07) is 8.69. The van der Waals surface area contributed by atoms with Crippen LogP contribution >= 0.6 is 0 Å². The van der Waals surface area contributed by atoms with Crippen molar-refractivity contribution in [3.63, 3.8) is 0 Å². The molecule has 0 spiro atoms. The second kappa shape index (κ2) is 8.60. The van der Waals surface area contributed by atoms with Crippen LogP contribution in [0.4, 0.5) is 0 Å². The number of rotatable bonds is 8. The molecule has 148 valence electrons. The topological polar surface area (TPSA) is 102 Å². The SMILES string of the molecule is COc1ccc(C2CC(c3ccco3)=NN2C(=O)CCCC(=O)O)cc1OC. The number of carboxylic acids is 1. The Morgan fingerprint density at radius 2 is 2.00 bits per heavy atom. The van der Waals surface area contributed by atoms with E-state index in [-0.39, 0.29) is 31.2 Å². The molecule has 8 nitrogen and oxygen atoms in total. The Labute approximate surface area is 162 Å². The number of amides is 1. The van der Waals surface area contributed by atoms with Gasteiger partial charge < -0.3 is 19.0 Å². The third-order valence-electron chi connectivity index (χ3n) is 4.55. The molecule has 3 rings (SSSR count). The number of aliphatic carboxylic acids is 1. The fourth-order valence-corrected chi connectivity index (χ4v) is 3.16. The van der Waals surface area contributed by atoms with Crippen molar-refractivity contribution in [3.8, 4) is 11.5 Å². The largest absolute Gasteiger partial charge is 0.493 e. The van der Waals surface area contributed by atoms with E-state index in [1.807, 2.05) is 12.1 Å². The molecule has 2 aromatic rings. The van der Waals surface area contributed by atoms with Gasteiger partial charge in [-0.2, -0.15) is 5.10 Å². The summed E-state index contributed by atoms with van der Waals surface area (Å²) in [6.07, 6.45) is 2.34. The Bertz CT molecular complexity index is 875. The van der Waals surface area contributed by atoms with Crippen LogP contribution in [0.25, 0.3) is 0 Å². The average Bonchev–Trinajstić information content (AvgIpc) is 3.36. The molecule has 2 heterocycles. The summed E-state index contributed by atoms with van der Waals surface area (Å²) in [6.45, 7) is 0. The first kappa shape index (κ1) is 19.5. The molecule has 0 saturated heterocycles. The van der Waals surface area contributed by atoms with Crippen molar-refractivity contribution in [2.75, 3.05) is 14.2 Å². The quantitative estimate of drug-likeness (QED) is 0.747. The summed E-state index contributed by atoms with van der Waals surface area (Å²) in [4.78, 5) is 23.5. The maximum absolute atomic E-state index is 12.7. The minimum absolute atomic E-state index is 0.0602. The number of furan rings is 1. The fraction of sp³-hybridized carbons (Fsp3) is 0.350. The van der Waals surface area contributed by atoms with Crippen LogP contribution in [0.1, 0.15) is 43.0 Å². The Kier molecular flexibility index (Phi) is 5.98. The van der Waals surface area contributed by atoms with Gasteiger partial charge in [-0.05, 0) is 36.2 Å². The van der Waals surface area contributed by atoms with Crippen molar-refractivity contribution in [1.82, 2.24) is 5.01 Å². The van der Waals surface area contributed by atoms with Crippen molar-refractivity contribution < 1.29 is 28.6 Å². The van der Waals surface area contributed by atoms with Crippen LogP contribution in [0.2, 0.25) is 0 Å². The van der Waals surface area contributed by atoms with Gasteiger partial charge in [0.05, 0.1) is 26.5 Å². The third-order valence-corrected chi connectivity index (χ3v) is 4.55. The molecule has 1 unspecified atom stereocenters. The summed E-state index contributed by atoms with van der Waals surface area (Å²) in [7, 11) is 3.11. The van der Waals surface area contributed by atoms with Gasteiger partial charge in [0.25, 0.3) is 0 Å². The van der Waals surface area contributed by atoms with Crippen molar-refractivity contribution in [3.05, 3.63) is 47.9 Å². The zero-order valence-electron chi connectivity index (χ0n) is 15.8. The molecule has 0 aliphatic carbocycles. The first-order valence-corrected chi connectivity index (χ1v) is 8.90. The summed E-state index contributed by atoms with van der Waals surface area (Å²) in [5, 5.41) is 14.7. The predicted octanol–water partition coefficient (Wildman–Crippen LogP) is 3.23. The van der Waals surface area contributed by atoms with E-state index >= 15 is 0 Å². The molecular weight excluding hydrogens is 364 g/mol. The molecule has 0 fully saturated rings. The Hall–Kier alpha value is -3.29. The molecule has 28 heavy (non-hydrogen) atoms. The zero-order chi connectivity index (χ0) is 20.1. The van der Waals surface area contributed by atoms with Crippen LogP contribution < -0.4 is 9.47 Å². The lowest BCUT2D eigenvalue weighted by Gasteiger charge is -2.23. The maximum Gasteiger partial charge on any atom is 0.303 e. The highest BCUT2D eigenvalue weighted by Gasteiger charge is 2.34. The van der Waals surface area contributed by atoms with Crippen LogP contribution in [0, 0.1) is 0 Å². The molecule has 1 aliphatic rings. The highest BCUT2D eigenvalue weighted by atomic mass is 16.5. The molecule has 8 heteroatoms. The first-order valence-electron chi connectivity index (χ1n) is 8.90. The van der Waals surface area contributed by atoms with Gasteiger partial charge in [0, 0.05) is 19.3 Å². The highest BCUT2D eigenvalue weighted by Crippen LogP contribution is 2.37. The molecule has 1 amide bonds. The monoisotopic (exact) mass is 386 g/mol. The number of carbonyl (C=O) groups excluding carboxylic acids is 1. The van der Waals surface area contributed by atoms with Gasteiger partial charge in [0.1, 0.15) is 11.5 Å². The lowest BCUT2D eigenvalue weighted by atomic mass is 10.00. The van der Waals surface area contributed by atoms with Gasteiger partial charge in [-0.1, -0.05) is 6.07 Å². The minimum Gasteiger partial charge on any atom is -0.493 e. The number of methoxy groups -OCH3 is 2. The van der Waals surface area contributed by atoms with Gasteiger partial charge in [0.15, 0.2) is 11.5 Å². The standard InChI is InChI=1S/C20H22N2O6/c1-26-17-9-8-13(11-18(17)27-2)15-12-14(16-5-4-10-28-16)21-22(15)19(23)6-3-7-20(24)25/h4-5,8-11,15H,3,6-7,12H2,1-2H3,(H,24,25). The molecule has 1 aliphatic heterocycles. The van der Waals surface area contributed by atoms with Gasteiger partial charge in [-0.3, -0.25) is 9.59 Å². The van der Waals surface area contributed by atoms with Gasteiger partial charge in [0.2, 0.25) is 5.91 Å². The summed E-state index contributed by atoms with van der Waals surface area (Å²) in [5.74, 6) is 0.597. The van der Waals surface area contributed by atoms with Crippen molar-refractivity contribution >= 4 is 17.6 Å². The number of hydrogen-bond acceptors (Lipinski definition) is 6. The predicted molar refractivity (Wildman–Crippen MR) is 100 cm³/mol. The van der Waals surface area contributed by atoms with E-state index in [4.69, 9.17) is 19.0 Å². The Morgan fingerprint density at radius 1 is 1.21 bits per heavy atom. The number of carboxylic acid groups (broad SMARTS) is 1. The summed E-state index contributed by atoms with van der Waals surface area (Å²) in [5.41, 5.74) is 1.51. The molecule has 0 radical (unpaired) electrons. The van der Waals surface area contributed by atoms with Crippen LogP contribution in [0.15, 0.2) is 46.1 Å². The van der Waals surface area contributed by atoms with Crippen LogP contribution in [-0.2, 0) is 9.59 Å². The van der Waals surface area contributed by atoms with E-state index in [1.54, 1.807) is 38.7 Å². The number of hydrazone groups is 1. The summed E-state index contributed by atoms with van der Waals surface area (Å²) < 4.78 is 16.1. The number of ether oxygens (including phenoxy) is 2. The van der Waals surface area contributed by atoms with Crippen molar-refractivity contribution in [1.29, 1.82) is 0 Å². The van der Waals surface area contributed by atoms with E-state index in [9.17, 15) is 9.59 Å². The van der Waals surface area contributed by atoms with Crippen LogP contribution in [0.3, 0.4) is 0 Å². The molecule has 0 saturated carbocycles. The highest BCUT2D eigenvalue weighted by molar-refractivity contribution is 6.01. The number of carbonyl (C=O) groups is 2. The second-order valence-electron chi connectivity index (χ2n) is 6.34. The lowest BCUT2D eigenvalue weighted by Crippen LogP contribution is -2.27. The lowest BCUT2D eigenvalue weighted by molar-refractivity contribution is -0.137. The molecule has 1 aromatic heterocycles. The smallest absolute Gasteiger partial charge is 0.303 e.